The first-order valence-corrected chi connectivity index (χ1v) is 4.73. The van der Waals surface area contributed by atoms with Crippen LogP contribution in [0.15, 0.2) is 30.8 Å². The van der Waals surface area contributed by atoms with Gasteiger partial charge in [-0.05, 0) is 31.5 Å². The predicted octanol–water partition coefficient (Wildman–Crippen LogP) is 3.08. The molecule has 0 aliphatic carbocycles. The van der Waals surface area contributed by atoms with E-state index in [2.05, 4.69) is 6.58 Å². The highest BCUT2D eigenvalue weighted by molar-refractivity contribution is 5.47. The second kappa shape index (κ2) is 8.32. The molecule has 2 heteroatoms. The van der Waals surface area contributed by atoms with Gasteiger partial charge in [0.25, 0.3) is 0 Å². The summed E-state index contributed by atoms with van der Waals surface area (Å²) in [5.41, 5.74) is 1.02. The molecule has 0 saturated carbocycles. The first kappa shape index (κ1) is 12.7. The molecule has 1 aromatic carbocycles. The largest absolute Gasteiger partial charge is 0.508 e. The Morgan fingerprint density at radius 2 is 1.71 bits per heavy atom. The Morgan fingerprint density at radius 1 is 1.21 bits per heavy atom. The normalized spacial score (nSPS) is 8.71. The molecule has 1 N–H and O–H groups in total. The third kappa shape index (κ3) is 6.26. The summed E-state index contributed by atoms with van der Waals surface area (Å²) in [6, 6.07) is 6.89. The molecular formula is C12H18O2. The number of hydrogen-bond donors (Lipinski definition) is 1. The lowest BCUT2D eigenvalue weighted by atomic mass is 10.2. The highest BCUT2D eigenvalue weighted by Gasteiger charge is 1.84. The van der Waals surface area contributed by atoms with Crippen LogP contribution in [0, 0.1) is 0 Å². The van der Waals surface area contributed by atoms with Crippen LogP contribution in [0.3, 0.4) is 0 Å². The minimum Gasteiger partial charge on any atom is -0.508 e. The van der Waals surface area contributed by atoms with Crippen LogP contribution in [-0.2, 0) is 4.74 Å². The summed E-state index contributed by atoms with van der Waals surface area (Å²) in [6.45, 7) is 9.25. The van der Waals surface area contributed by atoms with Crippen molar-refractivity contribution in [1.82, 2.24) is 0 Å². The van der Waals surface area contributed by atoms with Crippen molar-refractivity contribution in [2.45, 2.75) is 13.8 Å². The van der Waals surface area contributed by atoms with Gasteiger partial charge in [-0.2, -0.15) is 0 Å². The maximum Gasteiger partial charge on any atom is 0.115 e. The molecule has 1 rings (SSSR count). The molecule has 0 aromatic heterocycles. The lowest BCUT2D eigenvalue weighted by molar-refractivity contribution is 0.162. The van der Waals surface area contributed by atoms with Crippen molar-refractivity contribution in [3.05, 3.63) is 36.4 Å². The molecule has 0 saturated heterocycles. The first-order chi connectivity index (χ1) is 6.74. The Labute approximate surface area is 85.8 Å². The summed E-state index contributed by atoms with van der Waals surface area (Å²) >= 11 is 0. The molecule has 0 fully saturated rings. The molecule has 0 aliphatic heterocycles. The monoisotopic (exact) mass is 194 g/mol. The molecule has 0 amide bonds. The molecule has 0 atom stereocenters. The zero-order chi connectivity index (χ0) is 10.8. The van der Waals surface area contributed by atoms with Gasteiger partial charge in [0, 0.05) is 13.2 Å². The van der Waals surface area contributed by atoms with Gasteiger partial charge in [0.15, 0.2) is 0 Å². The lowest BCUT2D eigenvalue weighted by Crippen LogP contribution is -1.84. The highest BCUT2D eigenvalue weighted by Crippen LogP contribution is 2.09. The van der Waals surface area contributed by atoms with E-state index in [4.69, 9.17) is 9.84 Å². The summed E-state index contributed by atoms with van der Waals surface area (Å²) in [5, 5.41) is 8.82. The Hall–Kier alpha value is -1.28. The van der Waals surface area contributed by atoms with Crippen LogP contribution < -0.4 is 0 Å². The molecule has 0 bridgehead atoms. The number of benzene rings is 1. The van der Waals surface area contributed by atoms with E-state index < -0.39 is 0 Å². The van der Waals surface area contributed by atoms with Gasteiger partial charge in [-0.25, -0.2) is 0 Å². The van der Waals surface area contributed by atoms with Gasteiger partial charge >= 0.3 is 0 Å². The van der Waals surface area contributed by atoms with Crippen LogP contribution in [0.1, 0.15) is 19.4 Å². The van der Waals surface area contributed by atoms with Crippen LogP contribution in [0.5, 0.6) is 5.75 Å². The first-order valence-electron chi connectivity index (χ1n) is 4.73. The summed E-state index contributed by atoms with van der Waals surface area (Å²) in [6.07, 6.45) is 1.74. The van der Waals surface area contributed by atoms with Crippen LogP contribution >= 0.6 is 0 Å². The number of phenols is 1. The van der Waals surface area contributed by atoms with Crippen molar-refractivity contribution < 1.29 is 9.84 Å². The predicted molar refractivity (Wildman–Crippen MR) is 60.4 cm³/mol. The Morgan fingerprint density at radius 3 is 2.00 bits per heavy atom. The fourth-order valence-corrected chi connectivity index (χ4v) is 0.815. The number of phenolic OH excluding ortho intramolecular Hbond substituents is 1. The van der Waals surface area contributed by atoms with E-state index in [1.54, 1.807) is 18.2 Å². The molecule has 1 aromatic rings. The molecule has 0 radical (unpaired) electrons. The maximum atomic E-state index is 8.82. The van der Waals surface area contributed by atoms with Gasteiger partial charge in [-0.15, -0.1) is 0 Å². The van der Waals surface area contributed by atoms with Crippen LogP contribution in [0.4, 0.5) is 0 Å². The Bertz CT molecular complexity index is 237. The summed E-state index contributed by atoms with van der Waals surface area (Å²) < 4.78 is 4.83. The molecule has 0 spiro atoms. The van der Waals surface area contributed by atoms with Crippen LogP contribution in [-0.4, -0.2) is 18.3 Å². The van der Waals surface area contributed by atoms with E-state index in [1.165, 1.54) is 0 Å². The quantitative estimate of drug-likeness (QED) is 0.801. The van der Waals surface area contributed by atoms with Crippen molar-refractivity contribution in [3.63, 3.8) is 0 Å². The molecule has 0 unspecified atom stereocenters. The molecule has 78 valence electrons. The lowest BCUT2D eigenvalue weighted by Gasteiger charge is -1.90. The fraction of sp³-hybridized carbons (Fsp3) is 0.333. The van der Waals surface area contributed by atoms with Crippen molar-refractivity contribution in [1.29, 1.82) is 0 Å². The minimum atomic E-state index is 0.292. The van der Waals surface area contributed by atoms with E-state index in [0.29, 0.717) is 5.75 Å². The maximum absolute atomic E-state index is 8.82. The average molecular weight is 194 g/mol. The van der Waals surface area contributed by atoms with Crippen molar-refractivity contribution >= 4 is 6.08 Å². The standard InChI is InChI=1S/C8H8O.C4H10O/c1-2-7-3-5-8(9)6-4-7;1-3-5-4-2/h2-6,9H,1H2;3-4H2,1-2H3. The Kier molecular flexibility index (Phi) is 7.56. The zero-order valence-electron chi connectivity index (χ0n) is 8.86. The van der Waals surface area contributed by atoms with Crippen molar-refractivity contribution in [2.75, 3.05) is 13.2 Å². The average Bonchev–Trinajstić information content (AvgIpc) is 2.21. The highest BCUT2D eigenvalue weighted by atomic mass is 16.5. The third-order valence-electron chi connectivity index (χ3n) is 1.54. The molecule has 2 nitrogen and oxygen atoms in total. The van der Waals surface area contributed by atoms with Crippen molar-refractivity contribution in [2.24, 2.45) is 0 Å². The van der Waals surface area contributed by atoms with E-state index in [1.807, 2.05) is 26.0 Å². The second-order valence-electron chi connectivity index (χ2n) is 2.58. The van der Waals surface area contributed by atoms with Gasteiger partial charge < -0.3 is 9.84 Å². The van der Waals surface area contributed by atoms with Crippen LogP contribution in [0.25, 0.3) is 6.08 Å². The summed E-state index contributed by atoms with van der Waals surface area (Å²) in [5.74, 6) is 0.292. The molecular weight excluding hydrogens is 176 g/mol. The van der Waals surface area contributed by atoms with E-state index in [9.17, 15) is 0 Å². The number of rotatable bonds is 3. The molecule has 14 heavy (non-hydrogen) atoms. The Balaban J connectivity index is 0.000000292. The van der Waals surface area contributed by atoms with Gasteiger partial charge in [-0.3, -0.25) is 0 Å². The van der Waals surface area contributed by atoms with Crippen LogP contribution in [0.2, 0.25) is 0 Å². The van der Waals surface area contributed by atoms with E-state index in [0.717, 1.165) is 18.8 Å². The summed E-state index contributed by atoms with van der Waals surface area (Å²) in [7, 11) is 0. The van der Waals surface area contributed by atoms with Gasteiger partial charge in [-0.1, -0.05) is 24.8 Å². The minimum absolute atomic E-state index is 0.292. The molecule has 0 heterocycles. The van der Waals surface area contributed by atoms with Crippen molar-refractivity contribution in [3.8, 4) is 5.75 Å². The van der Waals surface area contributed by atoms with E-state index >= 15 is 0 Å². The fourth-order valence-electron chi connectivity index (χ4n) is 0.815. The second-order valence-corrected chi connectivity index (χ2v) is 2.58. The van der Waals surface area contributed by atoms with Gasteiger partial charge in [0.05, 0.1) is 0 Å². The molecule has 0 aliphatic rings. The van der Waals surface area contributed by atoms with Gasteiger partial charge in [0.1, 0.15) is 5.75 Å². The summed E-state index contributed by atoms with van der Waals surface area (Å²) in [4.78, 5) is 0. The zero-order valence-corrected chi connectivity index (χ0v) is 8.86. The topological polar surface area (TPSA) is 29.5 Å². The smallest absolute Gasteiger partial charge is 0.115 e. The number of hydrogen-bond acceptors (Lipinski definition) is 2. The van der Waals surface area contributed by atoms with E-state index in [-0.39, 0.29) is 0 Å². The third-order valence-corrected chi connectivity index (χ3v) is 1.54. The SMILES string of the molecule is C=Cc1ccc(O)cc1.CCOCC. The number of aromatic hydroxyl groups is 1. The van der Waals surface area contributed by atoms with Gasteiger partial charge in [0.2, 0.25) is 0 Å². The number of ether oxygens (including phenoxy) is 1.